The molecule has 36 heavy (non-hydrogen) atoms. The highest BCUT2D eigenvalue weighted by Crippen LogP contribution is 2.29. The maximum Gasteiger partial charge on any atom is 0.275 e. The van der Waals surface area contributed by atoms with E-state index in [-0.39, 0.29) is 12.3 Å². The number of rotatable bonds is 9. The lowest BCUT2D eigenvalue weighted by atomic mass is 10.1. The summed E-state index contributed by atoms with van der Waals surface area (Å²) in [5, 5.41) is 16.9. The number of amides is 1. The third-order valence-electron chi connectivity index (χ3n) is 5.40. The van der Waals surface area contributed by atoms with Crippen molar-refractivity contribution in [2.45, 2.75) is 6.61 Å². The zero-order valence-corrected chi connectivity index (χ0v) is 19.6. The molecule has 182 valence electrons. The van der Waals surface area contributed by atoms with Gasteiger partial charge in [0.2, 0.25) is 0 Å². The topological polar surface area (TPSA) is 112 Å². The molecule has 0 saturated heterocycles. The van der Waals surface area contributed by atoms with Gasteiger partial charge in [-0.05, 0) is 52.2 Å². The molecule has 1 amide bonds. The molecular weight excluding hydrogens is 462 g/mol. The summed E-state index contributed by atoms with van der Waals surface area (Å²) in [6.45, 7) is 0.134. The Labute approximate surface area is 207 Å². The molecule has 0 radical (unpaired) electrons. The van der Waals surface area contributed by atoms with Crippen LogP contribution in [0.1, 0.15) is 21.5 Å². The normalized spacial score (nSPS) is 10.8. The molecule has 9 heteroatoms. The molecule has 4 rings (SSSR count). The zero-order chi connectivity index (χ0) is 25.5. The molecule has 0 spiro atoms. The van der Waals surface area contributed by atoms with Crippen molar-refractivity contribution in [3.05, 3.63) is 106 Å². The monoisotopic (exact) mass is 485 g/mol. The molecule has 0 fully saturated rings. The van der Waals surface area contributed by atoms with Crippen LogP contribution < -0.4 is 19.6 Å². The Kier molecular flexibility index (Phi) is 7.40. The average molecular weight is 485 g/mol. The Hall–Kier alpha value is -4.92. The van der Waals surface area contributed by atoms with E-state index in [0.29, 0.717) is 33.9 Å². The quantitative estimate of drug-likeness (QED) is 0.200. The third-order valence-corrected chi connectivity index (χ3v) is 5.40. The fourth-order valence-electron chi connectivity index (χ4n) is 3.60. The van der Waals surface area contributed by atoms with Gasteiger partial charge in [0, 0.05) is 12.1 Å². The van der Waals surface area contributed by atoms with Crippen molar-refractivity contribution in [1.29, 1.82) is 0 Å². The summed E-state index contributed by atoms with van der Waals surface area (Å²) in [6, 6.07) is 22.6. The van der Waals surface area contributed by atoms with Gasteiger partial charge in [-0.15, -0.1) is 0 Å². The molecule has 9 nitrogen and oxygen atoms in total. The first-order valence-electron chi connectivity index (χ1n) is 10.9. The largest absolute Gasteiger partial charge is 0.496 e. The number of hydrogen-bond donors (Lipinski definition) is 1. The molecule has 1 N–H and O–H groups in total. The Morgan fingerprint density at radius 3 is 2.39 bits per heavy atom. The summed E-state index contributed by atoms with van der Waals surface area (Å²) in [4.78, 5) is 23.2. The van der Waals surface area contributed by atoms with Crippen LogP contribution in [0, 0.1) is 10.1 Å². The lowest BCUT2D eigenvalue weighted by Gasteiger charge is -2.11. The minimum atomic E-state index is -0.451. The molecule has 4 aromatic rings. The van der Waals surface area contributed by atoms with Crippen molar-refractivity contribution in [3.8, 4) is 17.2 Å². The summed E-state index contributed by atoms with van der Waals surface area (Å²) < 4.78 is 16.6. The van der Waals surface area contributed by atoms with Crippen molar-refractivity contribution in [1.82, 2.24) is 5.43 Å². The number of benzene rings is 4. The summed E-state index contributed by atoms with van der Waals surface area (Å²) in [5.41, 5.74) is 4.22. The number of carbonyl (C=O) groups is 1. The smallest absolute Gasteiger partial charge is 0.275 e. The molecule has 0 aliphatic heterocycles. The van der Waals surface area contributed by atoms with Crippen molar-refractivity contribution in [2.24, 2.45) is 5.10 Å². The molecule has 0 aliphatic rings. The second-order valence-electron chi connectivity index (χ2n) is 7.72. The van der Waals surface area contributed by atoms with Gasteiger partial charge in [0.25, 0.3) is 11.6 Å². The second kappa shape index (κ2) is 11.0. The fourth-order valence-corrected chi connectivity index (χ4v) is 3.60. The minimum absolute atomic E-state index is 0.00187. The first-order chi connectivity index (χ1) is 17.5. The molecule has 0 unspecified atom stereocenters. The van der Waals surface area contributed by atoms with E-state index in [1.165, 1.54) is 32.6 Å². The number of nitrogens with zero attached hydrogens (tertiary/aromatic N) is 2. The maximum absolute atomic E-state index is 12.7. The van der Waals surface area contributed by atoms with E-state index in [1.54, 1.807) is 36.4 Å². The Bertz CT molecular complexity index is 1450. The number of nitrogens with one attached hydrogen (secondary N) is 1. The number of ether oxygens (including phenoxy) is 3. The van der Waals surface area contributed by atoms with Crippen LogP contribution in [0.15, 0.2) is 84.0 Å². The highest BCUT2D eigenvalue weighted by molar-refractivity contribution is 6.02. The maximum atomic E-state index is 12.7. The predicted molar refractivity (Wildman–Crippen MR) is 136 cm³/mol. The molecule has 0 bridgehead atoms. The van der Waals surface area contributed by atoms with Gasteiger partial charge in [-0.1, -0.05) is 36.4 Å². The number of nitro benzene ring substituents is 1. The van der Waals surface area contributed by atoms with Crippen LogP contribution in [-0.4, -0.2) is 31.3 Å². The predicted octanol–water partition coefficient (Wildman–Crippen LogP) is 5.11. The minimum Gasteiger partial charge on any atom is -0.496 e. The molecule has 0 aliphatic carbocycles. The van der Waals surface area contributed by atoms with Gasteiger partial charge in [-0.3, -0.25) is 14.9 Å². The van der Waals surface area contributed by atoms with E-state index in [1.807, 2.05) is 30.3 Å². The highest BCUT2D eigenvalue weighted by Gasteiger charge is 2.13. The number of non-ortho nitro benzene ring substituents is 1. The standard InChI is InChI=1S/C27H23N3O6/c1-34-25-15-21-8-4-3-7-20(21)14-23(25)27(31)29-28-16-18-10-11-24(26(13-18)35-2)36-17-19-6-5-9-22(12-19)30(32)33/h3-16H,17H2,1-2H3,(H,29,31). The van der Waals surface area contributed by atoms with Gasteiger partial charge in [0.1, 0.15) is 12.4 Å². The van der Waals surface area contributed by atoms with Crippen LogP contribution in [0.3, 0.4) is 0 Å². The summed E-state index contributed by atoms with van der Waals surface area (Å²) in [6.07, 6.45) is 1.48. The van der Waals surface area contributed by atoms with E-state index in [9.17, 15) is 14.9 Å². The average Bonchev–Trinajstić information content (AvgIpc) is 2.91. The molecule has 0 aromatic heterocycles. The van der Waals surface area contributed by atoms with E-state index in [4.69, 9.17) is 14.2 Å². The molecule has 0 saturated carbocycles. The van der Waals surface area contributed by atoms with Crippen molar-refractivity contribution in [3.63, 3.8) is 0 Å². The van der Waals surface area contributed by atoms with E-state index in [2.05, 4.69) is 10.5 Å². The molecule has 0 heterocycles. The van der Waals surface area contributed by atoms with Crippen LogP contribution in [0.5, 0.6) is 17.2 Å². The Morgan fingerprint density at radius 2 is 1.67 bits per heavy atom. The van der Waals surface area contributed by atoms with E-state index < -0.39 is 10.8 Å². The van der Waals surface area contributed by atoms with Crippen molar-refractivity contribution >= 4 is 28.6 Å². The van der Waals surface area contributed by atoms with Gasteiger partial charge < -0.3 is 14.2 Å². The van der Waals surface area contributed by atoms with Gasteiger partial charge in [0.15, 0.2) is 11.5 Å². The molecular formula is C27H23N3O6. The number of carbonyl (C=O) groups excluding carboxylic acids is 1. The van der Waals surface area contributed by atoms with Crippen LogP contribution >= 0.6 is 0 Å². The Balaban J connectivity index is 1.43. The summed E-state index contributed by atoms with van der Waals surface area (Å²) in [5.74, 6) is 0.962. The number of methoxy groups -OCH3 is 2. The van der Waals surface area contributed by atoms with Gasteiger partial charge in [-0.25, -0.2) is 5.43 Å². The lowest BCUT2D eigenvalue weighted by molar-refractivity contribution is -0.384. The summed E-state index contributed by atoms with van der Waals surface area (Å²) >= 11 is 0. The van der Waals surface area contributed by atoms with Crippen LogP contribution in [0.4, 0.5) is 5.69 Å². The Morgan fingerprint density at radius 1 is 0.917 bits per heavy atom. The second-order valence-corrected chi connectivity index (χ2v) is 7.72. The number of nitro groups is 1. The summed E-state index contributed by atoms with van der Waals surface area (Å²) in [7, 11) is 3.02. The fraction of sp³-hybridized carbons (Fsp3) is 0.111. The number of hydrazone groups is 1. The number of hydrogen-bond acceptors (Lipinski definition) is 7. The van der Waals surface area contributed by atoms with Crippen LogP contribution in [-0.2, 0) is 6.61 Å². The van der Waals surface area contributed by atoms with E-state index in [0.717, 1.165) is 10.8 Å². The SMILES string of the molecule is COc1cc(C=NNC(=O)c2cc3ccccc3cc2OC)ccc1OCc1cccc([N+](=O)[O-])c1. The van der Waals surface area contributed by atoms with Crippen LogP contribution in [0.25, 0.3) is 10.8 Å². The van der Waals surface area contributed by atoms with Crippen molar-refractivity contribution in [2.75, 3.05) is 14.2 Å². The first-order valence-corrected chi connectivity index (χ1v) is 10.9. The van der Waals surface area contributed by atoms with Gasteiger partial charge >= 0.3 is 0 Å². The van der Waals surface area contributed by atoms with Crippen LogP contribution in [0.2, 0.25) is 0 Å². The zero-order valence-electron chi connectivity index (χ0n) is 19.6. The lowest BCUT2D eigenvalue weighted by Crippen LogP contribution is -2.18. The van der Waals surface area contributed by atoms with Crippen molar-refractivity contribution < 1.29 is 23.9 Å². The molecule has 4 aromatic carbocycles. The third kappa shape index (κ3) is 5.58. The molecule has 0 atom stereocenters. The highest BCUT2D eigenvalue weighted by atomic mass is 16.6. The van der Waals surface area contributed by atoms with Gasteiger partial charge in [-0.2, -0.15) is 5.10 Å². The first kappa shape index (κ1) is 24.2. The number of fused-ring (bicyclic) bond motifs is 1. The van der Waals surface area contributed by atoms with E-state index >= 15 is 0 Å². The van der Waals surface area contributed by atoms with Gasteiger partial charge in [0.05, 0.1) is 30.9 Å².